The Labute approximate surface area is 159 Å². The lowest BCUT2D eigenvalue weighted by atomic mass is 9.84. The Hall–Kier alpha value is -0.810. The summed E-state index contributed by atoms with van der Waals surface area (Å²) in [6.07, 6.45) is 5.44. The average molecular weight is 378 g/mol. The molecule has 4 atom stereocenters. The van der Waals surface area contributed by atoms with Gasteiger partial charge in [-0.05, 0) is 61.6 Å². The van der Waals surface area contributed by atoms with Crippen molar-refractivity contribution in [2.45, 2.75) is 43.2 Å². The summed E-state index contributed by atoms with van der Waals surface area (Å²) in [4.78, 5) is 12.2. The van der Waals surface area contributed by atoms with Crippen LogP contribution in [0.3, 0.4) is 0 Å². The molecule has 4 rings (SSSR count). The van der Waals surface area contributed by atoms with Crippen LogP contribution in [-0.4, -0.2) is 30.1 Å². The van der Waals surface area contributed by atoms with Gasteiger partial charge in [-0.2, -0.15) is 0 Å². The quantitative estimate of drug-likeness (QED) is 0.793. The minimum Gasteiger partial charge on any atom is -0.484 e. The van der Waals surface area contributed by atoms with E-state index in [0.29, 0.717) is 10.5 Å². The average Bonchev–Trinajstić information content (AvgIpc) is 3.37. The third-order valence-electron chi connectivity index (χ3n) is 5.97. The Morgan fingerprint density at radius 2 is 1.96 bits per heavy atom. The predicted octanol–water partition coefficient (Wildman–Crippen LogP) is 4.48. The van der Waals surface area contributed by atoms with Crippen LogP contribution in [0.2, 0.25) is 0 Å². The monoisotopic (exact) mass is 377 g/mol. The van der Waals surface area contributed by atoms with E-state index in [1.54, 1.807) is 0 Å². The normalized spacial score (nSPS) is 29.7. The van der Waals surface area contributed by atoms with Crippen LogP contribution >= 0.6 is 23.5 Å². The highest BCUT2D eigenvalue weighted by molar-refractivity contribution is 8.19. The van der Waals surface area contributed by atoms with Crippen LogP contribution in [-0.2, 0) is 4.79 Å². The molecule has 5 heteroatoms. The number of carbonyl (C=O) groups excluding carboxylic acids is 1. The van der Waals surface area contributed by atoms with Gasteiger partial charge in [0.1, 0.15) is 5.75 Å². The first kappa shape index (κ1) is 17.6. The number of amides is 1. The van der Waals surface area contributed by atoms with Gasteiger partial charge < -0.3 is 10.1 Å². The van der Waals surface area contributed by atoms with Gasteiger partial charge in [0.25, 0.3) is 5.91 Å². The van der Waals surface area contributed by atoms with Crippen LogP contribution in [0.4, 0.5) is 0 Å². The molecule has 0 radical (unpaired) electrons. The molecule has 136 valence electrons. The summed E-state index contributed by atoms with van der Waals surface area (Å²) in [6, 6.07) is 8.50. The highest BCUT2D eigenvalue weighted by atomic mass is 32.2. The van der Waals surface area contributed by atoms with E-state index in [9.17, 15) is 4.79 Å². The van der Waals surface area contributed by atoms with Crippen molar-refractivity contribution in [1.29, 1.82) is 0 Å². The predicted molar refractivity (Wildman–Crippen MR) is 106 cm³/mol. The van der Waals surface area contributed by atoms with Crippen molar-refractivity contribution in [1.82, 2.24) is 5.32 Å². The molecule has 2 saturated carbocycles. The summed E-state index contributed by atoms with van der Waals surface area (Å²) >= 11 is 4.00. The molecule has 2 aliphatic carbocycles. The summed E-state index contributed by atoms with van der Waals surface area (Å²) in [7, 11) is 0. The van der Waals surface area contributed by atoms with Crippen molar-refractivity contribution in [3.05, 3.63) is 29.8 Å². The second-order valence-electron chi connectivity index (χ2n) is 7.63. The molecule has 0 aromatic heterocycles. The first-order valence-corrected chi connectivity index (χ1v) is 11.5. The highest BCUT2D eigenvalue weighted by Crippen LogP contribution is 2.49. The van der Waals surface area contributed by atoms with E-state index in [0.717, 1.165) is 17.6 Å². The largest absolute Gasteiger partial charge is 0.484 e. The van der Waals surface area contributed by atoms with Gasteiger partial charge in [-0.15, -0.1) is 23.5 Å². The highest BCUT2D eigenvalue weighted by Gasteiger charge is 2.42. The van der Waals surface area contributed by atoms with Crippen molar-refractivity contribution in [3.63, 3.8) is 0 Å². The Balaban J connectivity index is 1.23. The second kappa shape index (κ2) is 7.83. The lowest BCUT2D eigenvalue weighted by Crippen LogP contribution is -2.42. The number of fused-ring (bicyclic) bond motifs is 2. The molecule has 3 nitrogen and oxygen atoms in total. The summed E-state index contributed by atoms with van der Waals surface area (Å²) < 4.78 is 6.24. The number of carbonyl (C=O) groups is 1. The van der Waals surface area contributed by atoms with Gasteiger partial charge in [0, 0.05) is 17.5 Å². The van der Waals surface area contributed by atoms with E-state index in [4.69, 9.17) is 4.74 Å². The number of rotatable bonds is 6. The fourth-order valence-electron chi connectivity index (χ4n) is 4.73. The lowest BCUT2D eigenvalue weighted by molar-refractivity contribution is -0.124. The van der Waals surface area contributed by atoms with Gasteiger partial charge in [-0.1, -0.05) is 18.6 Å². The van der Waals surface area contributed by atoms with E-state index in [1.807, 2.05) is 35.7 Å². The fourth-order valence-corrected chi connectivity index (χ4v) is 7.59. The number of ether oxygens (including phenoxy) is 1. The standard InChI is InChI=1S/C20H27NO2S2/c1-13(18-11-14-2-3-16(18)10-14)21-19(22)12-23-17-6-4-15(5-7-17)20-24-8-9-25-20/h4-7,13-14,16,18,20H,2-3,8-12H2,1H3,(H,21,22)/t13-,14+,16+,18-/m1/s1. The molecule has 1 amide bonds. The van der Waals surface area contributed by atoms with Crippen molar-refractivity contribution in [2.75, 3.05) is 18.1 Å². The number of thioether (sulfide) groups is 2. The third-order valence-corrected chi connectivity index (χ3v) is 9.07. The minimum absolute atomic E-state index is 0.00116. The second-order valence-corrected chi connectivity index (χ2v) is 10.4. The molecule has 3 fully saturated rings. The van der Waals surface area contributed by atoms with Crippen LogP contribution in [0.1, 0.15) is 42.8 Å². The third kappa shape index (κ3) is 4.13. The maximum absolute atomic E-state index is 12.2. The van der Waals surface area contributed by atoms with Crippen molar-refractivity contribution in [2.24, 2.45) is 17.8 Å². The fraction of sp³-hybridized carbons (Fsp3) is 0.650. The topological polar surface area (TPSA) is 38.3 Å². The maximum atomic E-state index is 12.2. The molecule has 1 aromatic carbocycles. The first-order chi connectivity index (χ1) is 12.2. The summed E-state index contributed by atoms with van der Waals surface area (Å²) in [6.45, 7) is 2.27. The molecule has 1 N–H and O–H groups in total. The van der Waals surface area contributed by atoms with Gasteiger partial charge >= 0.3 is 0 Å². The van der Waals surface area contributed by atoms with E-state index in [2.05, 4.69) is 24.4 Å². The van der Waals surface area contributed by atoms with Gasteiger partial charge in [0.2, 0.25) is 0 Å². The number of nitrogens with one attached hydrogen (secondary N) is 1. The van der Waals surface area contributed by atoms with E-state index < -0.39 is 0 Å². The Bertz CT molecular complexity index is 600. The van der Waals surface area contributed by atoms with Crippen molar-refractivity contribution >= 4 is 29.4 Å². The summed E-state index contributed by atoms with van der Waals surface area (Å²) in [5.74, 6) is 5.66. The zero-order valence-corrected chi connectivity index (χ0v) is 16.4. The number of hydrogen-bond acceptors (Lipinski definition) is 4. The van der Waals surface area contributed by atoms with Crippen LogP contribution in [0.5, 0.6) is 5.75 Å². The minimum atomic E-state index is 0.00116. The molecule has 25 heavy (non-hydrogen) atoms. The lowest BCUT2D eigenvalue weighted by Gasteiger charge is -2.28. The van der Waals surface area contributed by atoms with Crippen LogP contribution in [0.25, 0.3) is 0 Å². The Morgan fingerprint density at radius 3 is 2.60 bits per heavy atom. The summed E-state index contributed by atoms with van der Waals surface area (Å²) in [5, 5.41) is 3.16. The molecular weight excluding hydrogens is 350 g/mol. The molecule has 0 unspecified atom stereocenters. The molecule has 3 aliphatic rings. The summed E-state index contributed by atoms with van der Waals surface area (Å²) in [5.41, 5.74) is 1.34. The van der Waals surface area contributed by atoms with Gasteiger partial charge in [-0.25, -0.2) is 0 Å². The Kier molecular flexibility index (Phi) is 5.51. The molecule has 1 saturated heterocycles. The van der Waals surface area contributed by atoms with E-state index in [1.165, 1.54) is 42.8 Å². The number of benzene rings is 1. The van der Waals surface area contributed by atoms with Crippen molar-refractivity contribution in [3.8, 4) is 5.75 Å². The smallest absolute Gasteiger partial charge is 0.258 e. The molecule has 1 aromatic rings. The maximum Gasteiger partial charge on any atom is 0.258 e. The van der Waals surface area contributed by atoms with E-state index in [-0.39, 0.29) is 18.6 Å². The molecule has 0 spiro atoms. The molecule has 1 heterocycles. The van der Waals surface area contributed by atoms with E-state index >= 15 is 0 Å². The molecule has 2 bridgehead atoms. The number of hydrogen-bond donors (Lipinski definition) is 1. The van der Waals surface area contributed by atoms with Crippen LogP contribution in [0, 0.1) is 17.8 Å². The molecular formula is C20H27NO2S2. The van der Waals surface area contributed by atoms with Gasteiger partial charge in [-0.3, -0.25) is 4.79 Å². The molecule has 1 aliphatic heterocycles. The van der Waals surface area contributed by atoms with Crippen LogP contribution < -0.4 is 10.1 Å². The zero-order valence-electron chi connectivity index (χ0n) is 14.8. The van der Waals surface area contributed by atoms with Crippen LogP contribution in [0.15, 0.2) is 24.3 Å². The zero-order chi connectivity index (χ0) is 17.2. The Morgan fingerprint density at radius 1 is 1.20 bits per heavy atom. The first-order valence-electron chi connectivity index (χ1n) is 9.44. The van der Waals surface area contributed by atoms with Gasteiger partial charge in [0.05, 0.1) is 4.58 Å². The SMILES string of the molecule is C[C@@H](NC(=O)COc1ccc(C2SCCS2)cc1)[C@H]1C[C@H]2CC[C@H]1C2. The van der Waals surface area contributed by atoms with Crippen molar-refractivity contribution < 1.29 is 9.53 Å². The van der Waals surface area contributed by atoms with Gasteiger partial charge in [0.15, 0.2) is 6.61 Å².